The predicted octanol–water partition coefficient (Wildman–Crippen LogP) is 2.46. The average Bonchev–Trinajstić information content (AvgIpc) is 3.19. The summed E-state index contributed by atoms with van der Waals surface area (Å²) in [5.41, 5.74) is 0.246. The molecule has 2 aliphatic carbocycles. The van der Waals surface area contributed by atoms with Gasteiger partial charge in [-0.3, -0.25) is 4.79 Å². The molecule has 0 aliphatic heterocycles. The van der Waals surface area contributed by atoms with Gasteiger partial charge in [0, 0.05) is 12.6 Å². The van der Waals surface area contributed by atoms with Crippen molar-refractivity contribution in [1.82, 2.24) is 10.6 Å². The molecule has 0 radical (unpaired) electrons. The second kappa shape index (κ2) is 6.05. The standard InChI is InChI=1S/C15H28N2O/c1-15(2,12-6-4-3-5-7-12)11-17-14(18)10-16-13-8-9-13/h12-13,16H,3-11H2,1-2H3,(H,17,18). The van der Waals surface area contributed by atoms with Crippen LogP contribution >= 0.6 is 0 Å². The Morgan fingerprint density at radius 1 is 1.11 bits per heavy atom. The van der Waals surface area contributed by atoms with Gasteiger partial charge < -0.3 is 10.6 Å². The number of hydrogen-bond donors (Lipinski definition) is 2. The number of carbonyl (C=O) groups is 1. The summed E-state index contributed by atoms with van der Waals surface area (Å²) in [5, 5.41) is 6.36. The largest absolute Gasteiger partial charge is 0.354 e. The van der Waals surface area contributed by atoms with Crippen LogP contribution in [0.2, 0.25) is 0 Å². The van der Waals surface area contributed by atoms with Crippen LogP contribution in [-0.2, 0) is 4.79 Å². The van der Waals surface area contributed by atoms with E-state index in [9.17, 15) is 4.79 Å². The summed E-state index contributed by atoms with van der Waals surface area (Å²) < 4.78 is 0. The topological polar surface area (TPSA) is 41.1 Å². The molecule has 18 heavy (non-hydrogen) atoms. The van der Waals surface area contributed by atoms with Gasteiger partial charge in [0.1, 0.15) is 0 Å². The number of rotatable bonds is 6. The first-order chi connectivity index (χ1) is 8.58. The maximum absolute atomic E-state index is 11.7. The smallest absolute Gasteiger partial charge is 0.233 e. The second-order valence-electron chi connectivity index (χ2n) is 6.76. The van der Waals surface area contributed by atoms with Gasteiger partial charge in [-0.05, 0) is 37.0 Å². The van der Waals surface area contributed by atoms with Gasteiger partial charge in [0.25, 0.3) is 0 Å². The summed E-state index contributed by atoms with van der Waals surface area (Å²) in [5.74, 6) is 0.939. The molecule has 2 rings (SSSR count). The number of amides is 1. The van der Waals surface area contributed by atoms with E-state index in [2.05, 4.69) is 24.5 Å². The Hall–Kier alpha value is -0.570. The monoisotopic (exact) mass is 252 g/mol. The van der Waals surface area contributed by atoms with E-state index in [4.69, 9.17) is 0 Å². The van der Waals surface area contributed by atoms with Gasteiger partial charge in [-0.1, -0.05) is 33.1 Å². The minimum absolute atomic E-state index is 0.158. The van der Waals surface area contributed by atoms with Crippen molar-refractivity contribution < 1.29 is 4.79 Å². The second-order valence-corrected chi connectivity index (χ2v) is 6.76. The fourth-order valence-corrected chi connectivity index (χ4v) is 2.94. The van der Waals surface area contributed by atoms with Crippen LogP contribution in [0.15, 0.2) is 0 Å². The predicted molar refractivity (Wildman–Crippen MR) is 74.4 cm³/mol. The number of carbonyl (C=O) groups excluding carboxylic acids is 1. The first-order valence-electron chi connectivity index (χ1n) is 7.58. The third-order valence-electron chi connectivity index (χ3n) is 4.58. The molecule has 2 fully saturated rings. The zero-order valence-electron chi connectivity index (χ0n) is 11.9. The van der Waals surface area contributed by atoms with Crippen molar-refractivity contribution in [3.05, 3.63) is 0 Å². The van der Waals surface area contributed by atoms with Crippen LogP contribution in [0.25, 0.3) is 0 Å². The van der Waals surface area contributed by atoms with Crippen molar-refractivity contribution in [2.75, 3.05) is 13.1 Å². The molecular formula is C15H28N2O. The Bertz CT molecular complexity index is 278. The minimum atomic E-state index is 0.158. The molecule has 0 aromatic rings. The Morgan fingerprint density at radius 3 is 2.39 bits per heavy atom. The molecular weight excluding hydrogens is 224 g/mol. The molecule has 3 heteroatoms. The van der Waals surface area contributed by atoms with Crippen LogP contribution in [0, 0.1) is 11.3 Å². The molecule has 0 bridgehead atoms. The van der Waals surface area contributed by atoms with Crippen LogP contribution in [-0.4, -0.2) is 25.0 Å². The van der Waals surface area contributed by atoms with E-state index >= 15 is 0 Å². The van der Waals surface area contributed by atoms with Crippen molar-refractivity contribution in [3.8, 4) is 0 Å². The molecule has 3 nitrogen and oxygen atoms in total. The number of hydrogen-bond acceptors (Lipinski definition) is 2. The van der Waals surface area contributed by atoms with Crippen LogP contribution in [0.5, 0.6) is 0 Å². The maximum Gasteiger partial charge on any atom is 0.233 e. The lowest BCUT2D eigenvalue weighted by molar-refractivity contribution is -0.120. The van der Waals surface area contributed by atoms with E-state index in [1.807, 2.05) is 0 Å². The highest BCUT2D eigenvalue weighted by Gasteiger charge is 2.31. The van der Waals surface area contributed by atoms with E-state index in [1.54, 1.807) is 0 Å². The maximum atomic E-state index is 11.7. The van der Waals surface area contributed by atoms with E-state index in [0.717, 1.165) is 12.5 Å². The summed E-state index contributed by atoms with van der Waals surface area (Å²) >= 11 is 0. The minimum Gasteiger partial charge on any atom is -0.354 e. The van der Waals surface area contributed by atoms with Crippen molar-refractivity contribution in [3.63, 3.8) is 0 Å². The summed E-state index contributed by atoms with van der Waals surface area (Å²) in [6, 6.07) is 0.613. The quantitative estimate of drug-likeness (QED) is 0.762. The first-order valence-corrected chi connectivity index (χ1v) is 7.58. The highest BCUT2D eigenvalue weighted by atomic mass is 16.1. The molecule has 1 amide bonds. The summed E-state index contributed by atoms with van der Waals surface area (Å²) in [6.07, 6.45) is 9.27. The molecule has 0 atom stereocenters. The van der Waals surface area contributed by atoms with Crippen molar-refractivity contribution in [1.29, 1.82) is 0 Å². The van der Waals surface area contributed by atoms with E-state index in [-0.39, 0.29) is 11.3 Å². The molecule has 2 saturated carbocycles. The SMILES string of the molecule is CC(C)(CNC(=O)CNC1CC1)C1CCCCC1. The molecule has 0 spiro atoms. The molecule has 0 unspecified atom stereocenters. The van der Waals surface area contributed by atoms with Crippen LogP contribution in [0.3, 0.4) is 0 Å². The van der Waals surface area contributed by atoms with E-state index < -0.39 is 0 Å². The van der Waals surface area contributed by atoms with Gasteiger partial charge in [-0.2, -0.15) is 0 Å². The Morgan fingerprint density at radius 2 is 1.78 bits per heavy atom. The van der Waals surface area contributed by atoms with Crippen LogP contribution in [0.4, 0.5) is 0 Å². The lowest BCUT2D eigenvalue weighted by Crippen LogP contribution is -2.42. The molecule has 0 aromatic carbocycles. The Labute approximate surface area is 111 Å². The average molecular weight is 252 g/mol. The normalized spacial score (nSPS) is 21.9. The molecule has 2 N–H and O–H groups in total. The highest BCUT2D eigenvalue weighted by molar-refractivity contribution is 5.78. The van der Waals surface area contributed by atoms with Crippen molar-refractivity contribution >= 4 is 5.91 Å². The third-order valence-corrected chi connectivity index (χ3v) is 4.58. The number of nitrogens with one attached hydrogen (secondary N) is 2. The van der Waals surface area contributed by atoms with Gasteiger partial charge >= 0.3 is 0 Å². The molecule has 0 saturated heterocycles. The molecule has 2 aliphatic rings. The van der Waals surface area contributed by atoms with E-state index in [0.29, 0.717) is 12.6 Å². The Kier molecular flexibility index (Phi) is 4.66. The zero-order chi connectivity index (χ0) is 13.0. The summed E-state index contributed by atoms with van der Waals surface area (Å²) in [7, 11) is 0. The fourth-order valence-electron chi connectivity index (χ4n) is 2.94. The van der Waals surface area contributed by atoms with Crippen molar-refractivity contribution in [2.24, 2.45) is 11.3 Å². The summed E-state index contributed by atoms with van der Waals surface area (Å²) in [4.78, 5) is 11.7. The lowest BCUT2D eigenvalue weighted by Gasteiger charge is -2.37. The van der Waals surface area contributed by atoms with Crippen LogP contribution in [0.1, 0.15) is 58.8 Å². The third kappa shape index (κ3) is 4.27. The molecule has 0 aromatic heterocycles. The first kappa shape index (κ1) is 13.9. The molecule has 104 valence electrons. The van der Waals surface area contributed by atoms with Gasteiger partial charge in [0.15, 0.2) is 0 Å². The lowest BCUT2D eigenvalue weighted by atomic mass is 9.71. The zero-order valence-corrected chi connectivity index (χ0v) is 11.9. The van der Waals surface area contributed by atoms with Crippen molar-refractivity contribution in [2.45, 2.75) is 64.8 Å². The Balaban J connectivity index is 1.67. The van der Waals surface area contributed by atoms with E-state index in [1.165, 1.54) is 44.9 Å². The summed E-state index contributed by atoms with van der Waals surface area (Å²) in [6.45, 7) is 5.92. The van der Waals surface area contributed by atoms with Crippen LogP contribution < -0.4 is 10.6 Å². The molecule has 0 heterocycles. The van der Waals surface area contributed by atoms with Gasteiger partial charge in [0.2, 0.25) is 5.91 Å². The van der Waals surface area contributed by atoms with Gasteiger partial charge in [-0.15, -0.1) is 0 Å². The van der Waals surface area contributed by atoms with Gasteiger partial charge in [-0.25, -0.2) is 0 Å². The van der Waals surface area contributed by atoms with Gasteiger partial charge in [0.05, 0.1) is 6.54 Å². The fraction of sp³-hybridized carbons (Fsp3) is 0.933. The highest BCUT2D eigenvalue weighted by Crippen LogP contribution is 2.37.